The van der Waals surface area contributed by atoms with Gasteiger partial charge in [0, 0.05) is 25.5 Å². The number of nitrogens with zero attached hydrogens (tertiary/aromatic N) is 3. The van der Waals surface area contributed by atoms with Crippen LogP contribution >= 0.6 is 0 Å². The van der Waals surface area contributed by atoms with Gasteiger partial charge >= 0.3 is 0 Å². The SMILES string of the molecule is O=C(NC1CCc2cccnc21)c1cnn(C2CNC2)c1. The van der Waals surface area contributed by atoms with Crippen LogP contribution in [0.25, 0.3) is 0 Å². The molecule has 0 bridgehead atoms. The van der Waals surface area contributed by atoms with Gasteiger partial charge < -0.3 is 10.6 Å². The summed E-state index contributed by atoms with van der Waals surface area (Å²) in [5.74, 6) is -0.0722. The van der Waals surface area contributed by atoms with Gasteiger partial charge in [-0.25, -0.2) is 0 Å². The van der Waals surface area contributed by atoms with Gasteiger partial charge in [0.05, 0.1) is 29.5 Å². The van der Waals surface area contributed by atoms with Crippen molar-refractivity contribution in [1.82, 2.24) is 25.4 Å². The van der Waals surface area contributed by atoms with Gasteiger partial charge in [-0.2, -0.15) is 5.10 Å². The number of fused-ring (bicyclic) bond motifs is 1. The Morgan fingerprint density at radius 1 is 1.43 bits per heavy atom. The number of pyridine rings is 1. The Labute approximate surface area is 122 Å². The summed E-state index contributed by atoms with van der Waals surface area (Å²) in [4.78, 5) is 16.7. The molecule has 3 heterocycles. The van der Waals surface area contributed by atoms with E-state index >= 15 is 0 Å². The van der Waals surface area contributed by atoms with Gasteiger partial charge in [0.2, 0.25) is 0 Å². The molecule has 0 spiro atoms. The standard InChI is InChI=1S/C15H17N5O/c21-15(11-6-18-20(9-11)12-7-16-8-12)19-13-4-3-10-2-1-5-17-14(10)13/h1-2,5-6,9,12-13,16H,3-4,7-8H2,(H,19,21). The quantitative estimate of drug-likeness (QED) is 0.875. The van der Waals surface area contributed by atoms with E-state index in [1.165, 1.54) is 5.56 Å². The molecule has 1 saturated heterocycles. The molecule has 1 atom stereocenters. The third kappa shape index (κ3) is 2.21. The van der Waals surface area contributed by atoms with E-state index in [2.05, 4.69) is 26.8 Å². The van der Waals surface area contributed by atoms with E-state index in [0.717, 1.165) is 31.6 Å². The van der Waals surface area contributed by atoms with Crippen LogP contribution in [0.15, 0.2) is 30.7 Å². The van der Waals surface area contributed by atoms with E-state index in [0.29, 0.717) is 11.6 Å². The lowest BCUT2D eigenvalue weighted by molar-refractivity contribution is 0.0935. The Bertz CT molecular complexity index is 676. The fourth-order valence-electron chi connectivity index (χ4n) is 2.91. The highest BCUT2D eigenvalue weighted by atomic mass is 16.1. The van der Waals surface area contributed by atoms with Gasteiger partial charge in [-0.05, 0) is 24.5 Å². The Morgan fingerprint density at radius 2 is 2.33 bits per heavy atom. The van der Waals surface area contributed by atoms with Crippen LogP contribution in [0.1, 0.15) is 40.1 Å². The lowest BCUT2D eigenvalue weighted by atomic mass is 10.2. The zero-order valence-electron chi connectivity index (χ0n) is 11.6. The van der Waals surface area contributed by atoms with Crippen molar-refractivity contribution in [2.75, 3.05) is 13.1 Å². The summed E-state index contributed by atoms with van der Waals surface area (Å²) < 4.78 is 1.87. The number of carbonyl (C=O) groups is 1. The predicted molar refractivity (Wildman–Crippen MR) is 76.9 cm³/mol. The van der Waals surface area contributed by atoms with Crippen molar-refractivity contribution in [3.05, 3.63) is 47.5 Å². The Balaban J connectivity index is 1.47. The normalized spacial score (nSPS) is 20.9. The number of amides is 1. The molecule has 21 heavy (non-hydrogen) atoms. The Hall–Kier alpha value is -2.21. The fraction of sp³-hybridized carbons (Fsp3) is 0.400. The minimum Gasteiger partial charge on any atom is -0.344 e. The molecule has 1 aliphatic carbocycles. The summed E-state index contributed by atoms with van der Waals surface area (Å²) in [5, 5.41) is 10.5. The van der Waals surface area contributed by atoms with Gasteiger partial charge in [-0.1, -0.05) is 6.07 Å². The van der Waals surface area contributed by atoms with Crippen LogP contribution in [-0.4, -0.2) is 33.8 Å². The summed E-state index contributed by atoms with van der Waals surface area (Å²) in [6.45, 7) is 1.84. The third-order valence-electron chi connectivity index (χ3n) is 4.26. The van der Waals surface area contributed by atoms with E-state index in [1.54, 1.807) is 12.4 Å². The van der Waals surface area contributed by atoms with Gasteiger partial charge in [0.1, 0.15) is 0 Å². The van der Waals surface area contributed by atoms with Gasteiger partial charge in [0.15, 0.2) is 0 Å². The van der Waals surface area contributed by atoms with E-state index in [1.807, 2.05) is 16.9 Å². The highest BCUT2D eigenvalue weighted by Crippen LogP contribution is 2.29. The van der Waals surface area contributed by atoms with Crippen LogP contribution in [0.3, 0.4) is 0 Å². The van der Waals surface area contributed by atoms with E-state index in [4.69, 9.17) is 0 Å². The topological polar surface area (TPSA) is 71.8 Å². The highest BCUT2D eigenvalue weighted by molar-refractivity contribution is 5.94. The number of rotatable bonds is 3. The van der Waals surface area contributed by atoms with Crippen LogP contribution in [-0.2, 0) is 6.42 Å². The van der Waals surface area contributed by atoms with Crippen molar-refractivity contribution in [3.8, 4) is 0 Å². The van der Waals surface area contributed by atoms with Crippen LogP contribution < -0.4 is 10.6 Å². The van der Waals surface area contributed by atoms with Crippen molar-refractivity contribution >= 4 is 5.91 Å². The fourth-order valence-corrected chi connectivity index (χ4v) is 2.91. The molecule has 6 nitrogen and oxygen atoms in total. The summed E-state index contributed by atoms with van der Waals surface area (Å²) in [6, 6.07) is 4.42. The third-order valence-corrected chi connectivity index (χ3v) is 4.26. The minimum atomic E-state index is -0.0722. The van der Waals surface area contributed by atoms with Crippen LogP contribution in [0, 0.1) is 0 Å². The van der Waals surface area contributed by atoms with Gasteiger partial charge in [-0.3, -0.25) is 14.5 Å². The predicted octanol–water partition coefficient (Wildman–Crippen LogP) is 0.840. The molecule has 2 aromatic heterocycles. The van der Waals surface area contributed by atoms with Crippen LogP contribution in [0.4, 0.5) is 0 Å². The Kier molecular flexibility index (Phi) is 2.96. The summed E-state index contributed by atoms with van der Waals surface area (Å²) >= 11 is 0. The molecule has 0 aromatic carbocycles. The van der Waals surface area contributed by atoms with Crippen molar-refractivity contribution in [3.63, 3.8) is 0 Å². The molecule has 1 aliphatic heterocycles. The van der Waals surface area contributed by atoms with Crippen LogP contribution in [0.2, 0.25) is 0 Å². The number of hydrogen-bond donors (Lipinski definition) is 2. The maximum atomic E-state index is 12.3. The summed E-state index contributed by atoms with van der Waals surface area (Å²) in [6.07, 6.45) is 7.14. The second-order valence-electron chi connectivity index (χ2n) is 5.63. The first-order valence-electron chi connectivity index (χ1n) is 7.31. The largest absolute Gasteiger partial charge is 0.344 e. The molecule has 0 saturated carbocycles. The number of aryl methyl sites for hydroxylation is 1. The number of aromatic nitrogens is 3. The maximum absolute atomic E-state index is 12.3. The molecular weight excluding hydrogens is 266 g/mol. The second-order valence-corrected chi connectivity index (χ2v) is 5.63. The van der Waals surface area contributed by atoms with Crippen molar-refractivity contribution in [2.24, 2.45) is 0 Å². The van der Waals surface area contributed by atoms with Crippen LogP contribution in [0.5, 0.6) is 0 Å². The molecule has 2 aromatic rings. The molecule has 6 heteroatoms. The molecule has 1 amide bonds. The second kappa shape index (κ2) is 4.96. The van der Waals surface area contributed by atoms with Crippen molar-refractivity contribution in [2.45, 2.75) is 24.9 Å². The van der Waals surface area contributed by atoms with Gasteiger partial charge in [0.25, 0.3) is 5.91 Å². The van der Waals surface area contributed by atoms with E-state index < -0.39 is 0 Å². The number of hydrogen-bond acceptors (Lipinski definition) is 4. The van der Waals surface area contributed by atoms with E-state index in [9.17, 15) is 4.79 Å². The molecule has 0 radical (unpaired) electrons. The zero-order chi connectivity index (χ0) is 14.2. The van der Waals surface area contributed by atoms with E-state index in [-0.39, 0.29) is 11.9 Å². The van der Waals surface area contributed by atoms with Crippen molar-refractivity contribution in [1.29, 1.82) is 0 Å². The summed E-state index contributed by atoms with van der Waals surface area (Å²) in [5.41, 5.74) is 2.85. The average Bonchev–Trinajstić information content (AvgIpc) is 3.05. The highest BCUT2D eigenvalue weighted by Gasteiger charge is 2.26. The first-order chi connectivity index (χ1) is 10.3. The molecule has 1 unspecified atom stereocenters. The lowest BCUT2D eigenvalue weighted by Gasteiger charge is -2.27. The summed E-state index contributed by atoms with van der Waals surface area (Å²) in [7, 11) is 0. The number of carbonyl (C=O) groups excluding carboxylic acids is 1. The molecule has 1 fully saturated rings. The molecule has 2 N–H and O–H groups in total. The maximum Gasteiger partial charge on any atom is 0.255 e. The van der Waals surface area contributed by atoms with Crippen molar-refractivity contribution < 1.29 is 4.79 Å². The molecule has 108 valence electrons. The lowest BCUT2D eigenvalue weighted by Crippen LogP contribution is -2.43. The zero-order valence-corrected chi connectivity index (χ0v) is 11.6. The minimum absolute atomic E-state index is 0.0161. The van der Waals surface area contributed by atoms with Gasteiger partial charge in [-0.15, -0.1) is 0 Å². The molecular formula is C15H17N5O. The first kappa shape index (κ1) is 12.5. The Morgan fingerprint density at radius 3 is 3.14 bits per heavy atom. The number of nitrogens with one attached hydrogen (secondary N) is 2. The average molecular weight is 283 g/mol. The molecule has 4 rings (SSSR count). The first-order valence-corrected chi connectivity index (χ1v) is 7.31. The monoisotopic (exact) mass is 283 g/mol. The molecule has 2 aliphatic rings. The smallest absolute Gasteiger partial charge is 0.255 e.